The minimum absolute atomic E-state index is 0.0196. The summed E-state index contributed by atoms with van der Waals surface area (Å²) in [6.45, 7) is 1.96. The van der Waals surface area contributed by atoms with Crippen molar-refractivity contribution in [3.63, 3.8) is 0 Å². The number of carbonyl (C=O) groups is 1. The lowest BCUT2D eigenvalue weighted by Crippen LogP contribution is -2.10. The van der Waals surface area contributed by atoms with Crippen molar-refractivity contribution >= 4 is 17.6 Å². The van der Waals surface area contributed by atoms with Crippen molar-refractivity contribution in [2.24, 2.45) is 5.92 Å². The fourth-order valence-electron chi connectivity index (χ4n) is 2.64. The summed E-state index contributed by atoms with van der Waals surface area (Å²) < 4.78 is 5.18. The van der Waals surface area contributed by atoms with Crippen LogP contribution in [-0.4, -0.2) is 23.3 Å². The summed E-state index contributed by atoms with van der Waals surface area (Å²) in [6, 6.07) is 1.71. The average Bonchev–Trinajstić information content (AvgIpc) is 3.22. The van der Waals surface area contributed by atoms with E-state index in [0.29, 0.717) is 22.8 Å². The van der Waals surface area contributed by atoms with Crippen molar-refractivity contribution in [3.05, 3.63) is 22.2 Å². The molecule has 1 aromatic carbocycles. The van der Waals surface area contributed by atoms with Crippen molar-refractivity contribution < 1.29 is 19.7 Å². The van der Waals surface area contributed by atoms with Crippen LogP contribution < -0.4 is 4.74 Å². The first-order valence-electron chi connectivity index (χ1n) is 6.79. The zero-order valence-corrected chi connectivity index (χ0v) is 12.4. The maximum Gasteiger partial charge on any atom is 0.303 e. The summed E-state index contributed by atoms with van der Waals surface area (Å²) in [7, 11) is 1.48. The SMILES string of the molecule is CCc1cc(OC)c(O)c(C(CC(=O)O)C2CC2)c1Cl. The minimum Gasteiger partial charge on any atom is -0.504 e. The molecule has 20 heavy (non-hydrogen) atoms. The van der Waals surface area contributed by atoms with E-state index in [4.69, 9.17) is 21.4 Å². The van der Waals surface area contributed by atoms with Crippen LogP contribution in [0.3, 0.4) is 0 Å². The number of aliphatic carboxylic acids is 1. The summed E-state index contributed by atoms with van der Waals surface area (Å²) in [5.41, 5.74) is 1.40. The predicted octanol–water partition coefficient (Wildman–Crippen LogP) is 3.58. The third kappa shape index (κ3) is 2.85. The molecule has 5 heteroatoms. The van der Waals surface area contributed by atoms with Gasteiger partial charge in [-0.25, -0.2) is 0 Å². The van der Waals surface area contributed by atoms with Gasteiger partial charge in [-0.3, -0.25) is 4.79 Å². The maximum absolute atomic E-state index is 11.1. The Morgan fingerprint density at radius 1 is 1.55 bits per heavy atom. The van der Waals surface area contributed by atoms with Gasteiger partial charge in [-0.2, -0.15) is 0 Å². The lowest BCUT2D eigenvalue weighted by atomic mass is 9.88. The summed E-state index contributed by atoms with van der Waals surface area (Å²) in [6.07, 6.45) is 2.64. The highest BCUT2D eigenvalue weighted by molar-refractivity contribution is 6.32. The molecule has 0 radical (unpaired) electrons. The van der Waals surface area contributed by atoms with Gasteiger partial charge < -0.3 is 14.9 Å². The molecule has 0 saturated heterocycles. The number of phenols is 1. The molecule has 0 heterocycles. The van der Waals surface area contributed by atoms with Gasteiger partial charge in [0.1, 0.15) is 0 Å². The molecule has 1 fully saturated rings. The normalized spacial score (nSPS) is 15.9. The number of hydrogen-bond acceptors (Lipinski definition) is 3. The van der Waals surface area contributed by atoms with Crippen LogP contribution in [0.15, 0.2) is 6.07 Å². The average molecular weight is 299 g/mol. The first kappa shape index (κ1) is 15.0. The van der Waals surface area contributed by atoms with E-state index in [0.717, 1.165) is 18.4 Å². The molecule has 1 atom stereocenters. The van der Waals surface area contributed by atoms with Crippen LogP contribution in [0.25, 0.3) is 0 Å². The Labute approximate surface area is 123 Å². The van der Waals surface area contributed by atoms with E-state index in [-0.39, 0.29) is 24.0 Å². The number of methoxy groups -OCH3 is 1. The molecular weight excluding hydrogens is 280 g/mol. The van der Waals surface area contributed by atoms with E-state index < -0.39 is 5.97 Å². The Morgan fingerprint density at radius 2 is 2.20 bits per heavy atom. The highest BCUT2D eigenvalue weighted by atomic mass is 35.5. The highest BCUT2D eigenvalue weighted by Gasteiger charge is 2.37. The maximum atomic E-state index is 11.1. The largest absolute Gasteiger partial charge is 0.504 e. The summed E-state index contributed by atoms with van der Waals surface area (Å²) >= 11 is 6.38. The first-order chi connectivity index (χ1) is 9.49. The van der Waals surface area contributed by atoms with E-state index in [1.807, 2.05) is 6.92 Å². The molecule has 1 unspecified atom stereocenters. The van der Waals surface area contributed by atoms with Gasteiger partial charge in [-0.1, -0.05) is 18.5 Å². The van der Waals surface area contributed by atoms with Crippen molar-refractivity contribution in [3.8, 4) is 11.5 Å². The number of carboxylic acid groups (broad SMARTS) is 1. The minimum atomic E-state index is -0.877. The van der Waals surface area contributed by atoms with Crippen molar-refractivity contribution in [2.45, 2.75) is 38.5 Å². The topological polar surface area (TPSA) is 66.8 Å². The quantitative estimate of drug-likeness (QED) is 0.842. The van der Waals surface area contributed by atoms with Crippen LogP contribution in [0.4, 0.5) is 0 Å². The summed E-state index contributed by atoms with van der Waals surface area (Å²) in [4.78, 5) is 11.1. The van der Waals surface area contributed by atoms with Crippen LogP contribution in [0.5, 0.6) is 11.5 Å². The molecule has 0 aromatic heterocycles. The number of ether oxygens (including phenoxy) is 1. The van der Waals surface area contributed by atoms with E-state index in [2.05, 4.69) is 0 Å². The van der Waals surface area contributed by atoms with E-state index in [1.165, 1.54) is 7.11 Å². The predicted molar refractivity (Wildman–Crippen MR) is 76.8 cm³/mol. The van der Waals surface area contributed by atoms with Crippen molar-refractivity contribution in [1.82, 2.24) is 0 Å². The van der Waals surface area contributed by atoms with E-state index in [1.54, 1.807) is 6.07 Å². The molecule has 110 valence electrons. The summed E-state index contributed by atoms with van der Waals surface area (Å²) in [5.74, 6) is -0.505. The Balaban J connectivity index is 2.54. The van der Waals surface area contributed by atoms with Gasteiger partial charge in [0.25, 0.3) is 0 Å². The first-order valence-corrected chi connectivity index (χ1v) is 7.17. The van der Waals surface area contributed by atoms with Gasteiger partial charge in [0.2, 0.25) is 0 Å². The molecule has 1 aliphatic carbocycles. The van der Waals surface area contributed by atoms with Crippen molar-refractivity contribution in [1.29, 1.82) is 0 Å². The lowest BCUT2D eigenvalue weighted by molar-refractivity contribution is -0.137. The number of halogens is 1. The highest BCUT2D eigenvalue weighted by Crippen LogP contribution is 2.51. The molecular formula is C15H19ClO4. The van der Waals surface area contributed by atoms with Crippen molar-refractivity contribution in [2.75, 3.05) is 7.11 Å². The van der Waals surface area contributed by atoms with Gasteiger partial charge in [0.05, 0.1) is 18.6 Å². The molecule has 0 bridgehead atoms. The molecule has 2 N–H and O–H groups in total. The Bertz CT molecular complexity index is 495. The third-order valence-electron chi connectivity index (χ3n) is 3.87. The number of phenolic OH excluding ortho intramolecular Hbond substituents is 1. The molecule has 1 saturated carbocycles. The molecule has 0 amide bonds. The van der Waals surface area contributed by atoms with Gasteiger partial charge in [-0.15, -0.1) is 0 Å². The van der Waals surface area contributed by atoms with Gasteiger partial charge in [0.15, 0.2) is 11.5 Å². The lowest BCUT2D eigenvalue weighted by Gasteiger charge is -2.21. The van der Waals surface area contributed by atoms with E-state index in [9.17, 15) is 9.90 Å². The molecule has 1 aromatic rings. The number of carboxylic acids is 1. The molecule has 0 spiro atoms. The Kier molecular flexibility index (Phi) is 4.43. The van der Waals surface area contributed by atoms with Crippen LogP contribution in [0.1, 0.15) is 43.2 Å². The van der Waals surface area contributed by atoms with Gasteiger partial charge in [-0.05, 0) is 36.8 Å². The number of aromatic hydroxyl groups is 1. The molecule has 1 aliphatic rings. The smallest absolute Gasteiger partial charge is 0.303 e. The van der Waals surface area contributed by atoms with Gasteiger partial charge in [0, 0.05) is 11.5 Å². The number of aryl methyl sites for hydroxylation is 1. The van der Waals surface area contributed by atoms with Crippen LogP contribution in [-0.2, 0) is 11.2 Å². The zero-order chi connectivity index (χ0) is 14.9. The summed E-state index contributed by atoms with van der Waals surface area (Å²) in [5, 5.41) is 19.9. The second kappa shape index (κ2) is 5.92. The fraction of sp³-hybridized carbons (Fsp3) is 0.533. The molecule has 4 nitrogen and oxygen atoms in total. The Hall–Kier alpha value is -1.42. The number of benzene rings is 1. The molecule has 0 aliphatic heterocycles. The monoisotopic (exact) mass is 298 g/mol. The van der Waals surface area contributed by atoms with Crippen LogP contribution in [0.2, 0.25) is 5.02 Å². The van der Waals surface area contributed by atoms with Crippen LogP contribution in [0, 0.1) is 5.92 Å². The third-order valence-corrected chi connectivity index (χ3v) is 4.32. The van der Waals surface area contributed by atoms with E-state index >= 15 is 0 Å². The Morgan fingerprint density at radius 3 is 2.65 bits per heavy atom. The molecule has 2 rings (SSSR count). The standard InChI is InChI=1S/C15H19ClO4/c1-3-8-6-11(20-2)15(19)13(14(8)16)10(7-12(17)18)9-4-5-9/h6,9-10,19H,3-5,7H2,1-2H3,(H,17,18). The van der Waals surface area contributed by atoms with Crippen LogP contribution >= 0.6 is 11.6 Å². The fourth-order valence-corrected chi connectivity index (χ4v) is 3.06. The second-order valence-electron chi connectivity index (χ2n) is 5.21. The number of hydrogen-bond donors (Lipinski definition) is 2. The second-order valence-corrected chi connectivity index (χ2v) is 5.59. The van der Waals surface area contributed by atoms with Gasteiger partial charge >= 0.3 is 5.97 Å². The number of rotatable bonds is 6. The zero-order valence-electron chi connectivity index (χ0n) is 11.6.